The average Bonchev–Trinajstić information content (AvgIpc) is 2.94. The van der Waals surface area contributed by atoms with E-state index < -0.39 is 17.6 Å². The van der Waals surface area contributed by atoms with E-state index in [-0.39, 0.29) is 12.1 Å². The fraction of sp³-hybridized carbons (Fsp3) is 0.125. The molecule has 24 heavy (non-hydrogen) atoms. The molecule has 0 saturated carbocycles. The number of hydrogen-bond acceptors (Lipinski definition) is 2. The zero-order chi connectivity index (χ0) is 17.3. The Labute approximate surface area is 139 Å². The molecule has 0 aliphatic rings. The Morgan fingerprint density at radius 2 is 1.92 bits per heavy atom. The first-order valence-corrected chi connectivity index (χ1v) is 7.29. The second-order valence-corrected chi connectivity index (χ2v) is 5.54. The van der Waals surface area contributed by atoms with Gasteiger partial charge in [0.2, 0.25) is 0 Å². The highest BCUT2D eigenvalue weighted by atomic mass is 35.5. The molecule has 0 aliphatic heterocycles. The Kier molecular flexibility index (Phi) is 4.19. The highest BCUT2D eigenvalue weighted by molar-refractivity contribution is 6.30. The number of benzene rings is 1. The van der Waals surface area contributed by atoms with Crippen LogP contribution in [0.25, 0.3) is 5.65 Å². The van der Waals surface area contributed by atoms with Gasteiger partial charge in [-0.25, -0.2) is 4.98 Å². The summed E-state index contributed by atoms with van der Waals surface area (Å²) >= 11 is 5.88. The number of hydrogen-bond donors (Lipinski definition) is 1. The Morgan fingerprint density at radius 1 is 1.21 bits per heavy atom. The van der Waals surface area contributed by atoms with E-state index in [2.05, 4.69) is 10.3 Å². The van der Waals surface area contributed by atoms with Crippen LogP contribution in [-0.4, -0.2) is 15.3 Å². The first-order chi connectivity index (χ1) is 11.3. The topological polar surface area (TPSA) is 46.4 Å². The van der Waals surface area contributed by atoms with Crippen molar-refractivity contribution in [1.29, 1.82) is 0 Å². The van der Waals surface area contributed by atoms with E-state index in [1.165, 1.54) is 0 Å². The summed E-state index contributed by atoms with van der Waals surface area (Å²) in [5.41, 5.74) is 0.602. The van der Waals surface area contributed by atoms with Crippen molar-refractivity contribution in [2.24, 2.45) is 0 Å². The zero-order valence-electron chi connectivity index (χ0n) is 12.1. The average molecular weight is 354 g/mol. The lowest BCUT2D eigenvalue weighted by atomic mass is 10.1. The molecular weight excluding hydrogens is 343 g/mol. The van der Waals surface area contributed by atoms with Crippen molar-refractivity contribution in [3.8, 4) is 0 Å². The van der Waals surface area contributed by atoms with Crippen molar-refractivity contribution in [1.82, 2.24) is 14.7 Å². The molecule has 0 fully saturated rings. The molecule has 2 aromatic heterocycles. The Morgan fingerprint density at radius 3 is 2.58 bits per heavy atom. The van der Waals surface area contributed by atoms with Gasteiger partial charge in [-0.15, -0.1) is 0 Å². The van der Waals surface area contributed by atoms with Gasteiger partial charge in [-0.1, -0.05) is 11.6 Å². The van der Waals surface area contributed by atoms with Crippen molar-refractivity contribution in [2.75, 3.05) is 0 Å². The van der Waals surface area contributed by atoms with Crippen molar-refractivity contribution < 1.29 is 18.0 Å². The normalized spacial score (nSPS) is 11.7. The number of halogens is 4. The van der Waals surface area contributed by atoms with Crippen LogP contribution in [0.1, 0.15) is 21.6 Å². The van der Waals surface area contributed by atoms with Gasteiger partial charge >= 0.3 is 6.18 Å². The maximum atomic E-state index is 12.5. The number of rotatable bonds is 3. The molecule has 1 N–H and O–H groups in total. The van der Waals surface area contributed by atoms with E-state index in [4.69, 9.17) is 11.6 Å². The second kappa shape index (κ2) is 6.16. The summed E-state index contributed by atoms with van der Waals surface area (Å²) in [4.78, 5) is 16.3. The van der Waals surface area contributed by atoms with Crippen LogP contribution in [0, 0.1) is 0 Å². The standard InChI is InChI=1S/C16H11ClF3N3O/c17-12-5-6-23-9-13(22-14(23)7-12)8-21-15(24)10-1-3-11(4-2-10)16(18,19)20/h1-7,9H,8H2,(H,21,24). The molecule has 3 aromatic rings. The number of nitrogens with zero attached hydrogens (tertiary/aromatic N) is 2. The number of aromatic nitrogens is 2. The number of amides is 1. The van der Waals surface area contributed by atoms with E-state index in [1.807, 2.05) is 0 Å². The second-order valence-electron chi connectivity index (χ2n) is 5.10. The lowest BCUT2D eigenvalue weighted by Crippen LogP contribution is -2.23. The molecule has 0 radical (unpaired) electrons. The van der Waals surface area contributed by atoms with E-state index in [0.29, 0.717) is 16.4 Å². The minimum atomic E-state index is -4.42. The summed E-state index contributed by atoms with van der Waals surface area (Å²) in [6.45, 7) is 0.152. The molecule has 0 spiro atoms. The number of pyridine rings is 1. The van der Waals surface area contributed by atoms with Gasteiger partial charge in [0.15, 0.2) is 0 Å². The van der Waals surface area contributed by atoms with E-state index in [9.17, 15) is 18.0 Å². The number of alkyl halides is 3. The van der Waals surface area contributed by atoms with E-state index in [0.717, 1.165) is 24.3 Å². The summed E-state index contributed by atoms with van der Waals surface area (Å²) in [7, 11) is 0. The van der Waals surface area contributed by atoms with Crippen LogP contribution in [0.3, 0.4) is 0 Å². The summed E-state index contributed by atoms with van der Waals surface area (Å²) in [5, 5.41) is 3.17. The lowest BCUT2D eigenvalue weighted by Gasteiger charge is -2.07. The predicted molar refractivity (Wildman–Crippen MR) is 82.8 cm³/mol. The SMILES string of the molecule is O=C(NCc1cn2ccc(Cl)cc2n1)c1ccc(C(F)(F)F)cc1. The molecule has 1 aromatic carbocycles. The van der Waals surface area contributed by atoms with Crippen molar-refractivity contribution in [2.45, 2.75) is 12.7 Å². The predicted octanol–water partition coefficient (Wildman–Crippen LogP) is 3.94. The van der Waals surface area contributed by atoms with Gasteiger partial charge in [-0.2, -0.15) is 13.2 Å². The minimum absolute atomic E-state index is 0.148. The smallest absolute Gasteiger partial charge is 0.346 e. The van der Waals surface area contributed by atoms with Crippen LogP contribution in [0.2, 0.25) is 5.02 Å². The number of carbonyl (C=O) groups is 1. The Hall–Kier alpha value is -2.54. The largest absolute Gasteiger partial charge is 0.416 e. The Bertz CT molecular complexity index is 888. The van der Waals surface area contributed by atoms with Gasteiger partial charge in [-0.3, -0.25) is 4.79 Å². The summed E-state index contributed by atoms with van der Waals surface area (Å²) in [6.07, 6.45) is -0.947. The monoisotopic (exact) mass is 353 g/mol. The summed E-state index contributed by atoms with van der Waals surface area (Å²) in [6, 6.07) is 7.43. The van der Waals surface area contributed by atoms with E-state index >= 15 is 0 Å². The highest BCUT2D eigenvalue weighted by Crippen LogP contribution is 2.29. The van der Waals surface area contributed by atoms with Crippen LogP contribution in [0.5, 0.6) is 0 Å². The van der Waals surface area contributed by atoms with Crippen LogP contribution >= 0.6 is 11.6 Å². The zero-order valence-corrected chi connectivity index (χ0v) is 12.9. The molecule has 0 bridgehead atoms. The maximum absolute atomic E-state index is 12.5. The maximum Gasteiger partial charge on any atom is 0.416 e. The van der Waals surface area contributed by atoms with Crippen LogP contribution in [0.4, 0.5) is 13.2 Å². The minimum Gasteiger partial charge on any atom is -0.346 e. The molecule has 1 amide bonds. The third-order valence-electron chi connectivity index (χ3n) is 3.38. The van der Waals surface area contributed by atoms with Crippen molar-refractivity contribution in [3.63, 3.8) is 0 Å². The fourth-order valence-corrected chi connectivity index (χ4v) is 2.33. The van der Waals surface area contributed by atoms with Gasteiger partial charge in [0.1, 0.15) is 5.65 Å². The highest BCUT2D eigenvalue weighted by Gasteiger charge is 2.30. The number of imidazole rings is 1. The molecule has 124 valence electrons. The molecule has 4 nitrogen and oxygen atoms in total. The Balaban J connectivity index is 1.68. The molecule has 2 heterocycles. The molecule has 0 atom stereocenters. The fourth-order valence-electron chi connectivity index (χ4n) is 2.18. The first-order valence-electron chi connectivity index (χ1n) is 6.91. The quantitative estimate of drug-likeness (QED) is 0.775. The molecular formula is C16H11ClF3N3O. The van der Waals surface area contributed by atoms with Gasteiger partial charge < -0.3 is 9.72 Å². The summed E-state index contributed by atoms with van der Waals surface area (Å²) < 4.78 is 39.3. The van der Waals surface area contributed by atoms with Crippen LogP contribution in [0.15, 0.2) is 48.8 Å². The van der Waals surface area contributed by atoms with Gasteiger partial charge in [0.25, 0.3) is 5.91 Å². The van der Waals surface area contributed by atoms with E-state index in [1.54, 1.807) is 28.9 Å². The molecule has 0 saturated heterocycles. The number of carbonyl (C=O) groups excluding carboxylic acids is 1. The van der Waals surface area contributed by atoms with Crippen LogP contribution < -0.4 is 5.32 Å². The number of fused-ring (bicyclic) bond motifs is 1. The third-order valence-corrected chi connectivity index (χ3v) is 3.61. The van der Waals surface area contributed by atoms with Gasteiger partial charge in [0, 0.05) is 23.0 Å². The van der Waals surface area contributed by atoms with Crippen LogP contribution in [-0.2, 0) is 12.7 Å². The summed E-state index contributed by atoms with van der Waals surface area (Å²) in [5.74, 6) is -0.473. The third kappa shape index (κ3) is 3.51. The van der Waals surface area contributed by atoms with Crippen molar-refractivity contribution in [3.05, 3.63) is 70.6 Å². The molecule has 8 heteroatoms. The van der Waals surface area contributed by atoms with Gasteiger partial charge in [-0.05, 0) is 36.4 Å². The molecule has 3 rings (SSSR count). The lowest BCUT2D eigenvalue weighted by molar-refractivity contribution is -0.137. The number of nitrogens with one attached hydrogen (secondary N) is 1. The van der Waals surface area contributed by atoms with Gasteiger partial charge in [0.05, 0.1) is 17.8 Å². The van der Waals surface area contributed by atoms with Crippen molar-refractivity contribution >= 4 is 23.2 Å². The first kappa shape index (κ1) is 16.3. The molecule has 0 unspecified atom stereocenters. The molecule has 0 aliphatic carbocycles.